The van der Waals surface area contributed by atoms with Gasteiger partial charge in [0.05, 0.1) is 11.8 Å². The molecule has 0 bridgehead atoms. The maximum Gasteiger partial charge on any atom is 0.257 e. The lowest BCUT2D eigenvalue weighted by atomic mass is 10.0. The Hall–Kier alpha value is -2.03. The zero-order chi connectivity index (χ0) is 13.9. The highest BCUT2D eigenvalue weighted by Crippen LogP contribution is 2.24. The summed E-state index contributed by atoms with van der Waals surface area (Å²) in [5.41, 5.74) is 1.99. The van der Waals surface area contributed by atoms with E-state index in [9.17, 15) is 4.79 Å². The molecule has 0 N–H and O–H groups in total. The van der Waals surface area contributed by atoms with E-state index < -0.39 is 0 Å². The number of hydrogen-bond acceptors (Lipinski definition) is 2. The van der Waals surface area contributed by atoms with E-state index in [2.05, 4.69) is 24.3 Å². The van der Waals surface area contributed by atoms with Crippen LogP contribution < -0.4 is 0 Å². The Labute approximate surface area is 119 Å². The Balaban J connectivity index is 1.76. The standard InChI is InChI=1S/C17H19NO2/c1-13-16(9-11-20-13)17(19)18-10-5-8-15(18)12-14-6-3-2-4-7-14/h2-4,6-7,9,11,15H,5,8,10,12H2,1H3. The summed E-state index contributed by atoms with van der Waals surface area (Å²) in [4.78, 5) is 14.6. The normalized spacial score (nSPS) is 18.4. The van der Waals surface area contributed by atoms with Gasteiger partial charge in [0, 0.05) is 12.6 Å². The number of hydrogen-bond donors (Lipinski definition) is 0. The number of carbonyl (C=O) groups is 1. The number of furan rings is 1. The van der Waals surface area contributed by atoms with Gasteiger partial charge in [-0.3, -0.25) is 4.79 Å². The summed E-state index contributed by atoms with van der Waals surface area (Å²) < 4.78 is 5.25. The second-order valence-corrected chi connectivity index (χ2v) is 5.37. The van der Waals surface area contributed by atoms with Gasteiger partial charge in [0.2, 0.25) is 0 Å². The molecule has 3 rings (SSSR count). The molecule has 20 heavy (non-hydrogen) atoms. The Kier molecular flexibility index (Phi) is 3.59. The van der Waals surface area contributed by atoms with Crippen LogP contribution in [0.25, 0.3) is 0 Å². The molecule has 3 nitrogen and oxygen atoms in total. The van der Waals surface area contributed by atoms with E-state index in [-0.39, 0.29) is 5.91 Å². The predicted octanol–water partition coefficient (Wildman–Crippen LogP) is 3.44. The molecule has 1 aromatic carbocycles. The molecule has 0 aliphatic carbocycles. The zero-order valence-electron chi connectivity index (χ0n) is 11.7. The monoisotopic (exact) mass is 269 g/mol. The SMILES string of the molecule is Cc1occc1C(=O)N1CCCC1Cc1ccccc1. The Morgan fingerprint density at radius 3 is 2.80 bits per heavy atom. The number of benzene rings is 1. The van der Waals surface area contributed by atoms with Gasteiger partial charge in [0.1, 0.15) is 5.76 Å². The van der Waals surface area contributed by atoms with Crippen LogP contribution in [0, 0.1) is 6.92 Å². The molecule has 1 amide bonds. The van der Waals surface area contributed by atoms with Gasteiger partial charge in [0.15, 0.2) is 0 Å². The first-order valence-corrected chi connectivity index (χ1v) is 7.14. The summed E-state index contributed by atoms with van der Waals surface area (Å²) in [6.45, 7) is 2.69. The van der Waals surface area contributed by atoms with E-state index in [1.54, 1.807) is 12.3 Å². The van der Waals surface area contributed by atoms with Crippen molar-refractivity contribution in [3.8, 4) is 0 Å². The number of aryl methyl sites for hydroxylation is 1. The van der Waals surface area contributed by atoms with Gasteiger partial charge in [0.25, 0.3) is 5.91 Å². The third-order valence-corrected chi connectivity index (χ3v) is 4.04. The minimum absolute atomic E-state index is 0.106. The second-order valence-electron chi connectivity index (χ2n) is 5.37. The third-order valence-electron chi connectivity index (χ3n) is 4.04. The highest BCUT2D eigenvalue weighted by molar-refractivity contribution is 5.95. The maximum absolute atomic E-state index is 12.6. The molecule has 1 aliphatic rings. The van der Waals surface area contributed by atoms with Gasteiger partial charge in [-0.05, 0) is 37.8 Å². The third kappa shape index (κ3) is 2.48. The lowest BCUT2D eigenvalue weighted by Crippen LogP contribution is -2.36. The van der Waals surface area contributed by atoms with E-state index in [0.29, 0.717) is 17.4 Å². The van der Waals surface area contributed by atoms with Crippen molar-refractivity contribution < 1.29 is 9.21 Å². The molecule has 0 spiro atoms. The van der Waals surface area contributed by atoms with Gasteiger partial charge in [-0.1, -0.05) is 30.3 Å². The van der Waals surface area contributed by atoms with Crippen molar-refractivity contribution >= 4 is 5.91 Å². The molecule has 1 unspecified atom stereocenters. The summed E-state index contributed by atoms with van der Waals surface area (Å²) in [5, 5.41) is 0. The summed E-state index contributed by atoms with van der Waals surface area (Å²) >= 11 is 0. The minimum Gasteiger partial charge on any atom is -0.469 e. The predicted molar refractivity (Wildman–Crippen MR) is 77.6 cm³/mol. The first-order chi connectivity index (χ1) is 9.75. The largest absolute Gasteiger partial charge is 0.469 e. The van der Waals surface area contributed by atoms with Gasteiger partial charge >= 0.3 is 0 Å². The van der Waals surface area contributed by atoms with Crippen LogP contribution in [0.15, 0.2) is 47.1 Å². The molecule has 1 saturated heterocycles. The van der Waals surface area contributed by atoms with Crippen LogP contribution in [-0.2, 0) is 6.42 Å². The second kappa shape index (κ2) is 5.53. The molecular formula is C17H19NO2. The fraction of sp³-hybridized carbons (Fsp3) is 0.353. The van der Waals surface area contributed by atoms with Crippen LogP contribution in [0.2, 0.25) is 0 Å². The number of likely N-dealkylation sites (tertiary alicyclic amines) is 1. The van der Waals surface area contributed by atoms with E-state index >= 15 is 0 Å². The van der Waals surface area contributed by atoms with Gasteiger partial charge in [-0.15, -0.1) is 0 Å². The molecule has 1 fully saturated rings. The summed E-state index contributed by atoms with van der Waals surface area (Å²) in [6, 6.07) is 12.5. The maximum atomic E-state index is 12.6. The van der Waals surface area contributed by atoms with Crippen LogP contribution in [0.4, 0.5) is 0 Å². The van der Waals surface area contributed by atoms with E-state index in [0.717, 1.165) is 25.8 Å². The van der Waals surface area contributed by atoms with Crippen LogP contribution in [0.1, 0.15) is 34.5 Å². The number of nitrogens with zero attached hydrogens (tertiary/aromatic N) is 1. The molecule has 0 saturated carbocycles. The van der Waals surface area contributed by atoms with Crippen molar-refractivity contribution in [1.82, 2.24) is 4.90 Å². The van der Waals surface area contributed by atoms with Gasteiger partial charge in [-0.2, -0.15) is 0 Å². The van der Waals surface area contributed by atoms with Crippen molar-refractivity contribution in [2.75, 3.05) is 6.54 Å². The van der Waals surface area contributed by atoms with Crippen LogP contribution in [0.5, 0.6) is 0 Å². The number of amides is 1. The van der Waals surface area contributed by atoms with Crippen LogP contribution in [0.3, 0.4) is 0 Å². The molecule has 1 aromatic heterocycles. The molecule has 2 heterocycles. The molecule has 1 atom stereocenters. The molecule has 3 heteroatoms. The van der Waals surface area contributed by atoms with Crippen molar-refractivity contribution in [2.24, 2.45) is 0 Å². The Bertz CT molecular complexity index is 588. The molecule has 104 valence electrons. The molecule has 1 aliphatic heterocycles. The number of rotatable bonds is 3. The summed E-state index contributed by atoms with van der Waals surface area (Å²) in [6.07, 6.45) is 4.69. The van der Waals surface area contributed by atoms with Crippen molar-refractivity contribution in [3.05, 3.63) is 59.5 Å². The van der Waals surface area contributed by atoms with E-state index in [1.165, 1.54) is 5.56 Å². The topological polar surface area (TPSA) is 33.5 Å². The average molecular weight is 269 g/mol. The quantitative estimate of drug-likeness (QED) is 0.855. The Morgan fingerprint density at radius 1 is 1.30 bits per heavy atom. The van der Waals surface area contributed by atoms with Crippen LogP contribution in [-0.4, -0.2) is 23.4 Å². The first kappa shape index (κ1) is 13.0. The van der Waals surface area contributed by atoms with Crippen molar-refractivity contribution in [1.29, 1.82) is 0 Å². The lowest BCUT2D eigenvalue weighted by molar-refractivity contribution is 0.0734. The lowest BCUT2D eigenvalue weighted by Gasteiger charge is -2.24. The van der Waals surface area contributed by atoms with Gasteiger partial charge in [-0.25, -0.2) is 0 Å². The van der Waals surface area contributed by atoms with E-state index in [1.807, 2.05) is 17.9 Å². The molecule has 0 radical (unpaired) electrons. The number of carbonyl (C=O) groups excluding carboxylic acids is 1. The average Bonchev–Trinajstić information content (AvgIpc) is 3.08. The molecular weight excluding hydrogens is 250 g/mol. The first-order valence-electron chi connectivity index (χ1n) is 7.14. The van der Waals surface area contributed by atoms with E-state index in [4.69, 9.17) is 4.42 Å². The van der Waals surface area contributed by atoms with Gasteiger partial charge < -0.3 is 9.32 Å². The Morgan fingerprint density at radius 2 is 2.10 bits per heavy atom. The van der Waals surface area contributed by atoms with Crippen LogP contribution >= 0.6 is 0 Å². The smallest absolute Gasteiger partial charge is 0.257 e. The van der Waals surface area contributed by atoms with Crippen molar-refractivity contribution in [2.45, 2.75) is 32.2 Å². The van der Waals surface area contributed by atoms with Crippen molar-refractivity contribution in [3.63, 3.8) is 0 Å². The fourth-order valence-electron chi connectivity index (χ4n) is 2.96. The fourth-order valence-corrected chi connectivity index (χ4v) is 2.96. The zero-order valence-corrected chi connectivity index (χ0v) is 11.7. The molecule has 2 aromatic rings. The summed E-state index contributed by atoms with van der Waals surface area (Å²) in [5.74, 6) is 0.815. The summed E-state index contributed by atoms with van der Waals surface area (Å²) in [7, 11) is 0. The minimum atomic E-state index is 0.106. The highest BCUT2D eigenvalue weighted by atomic mass is 16.3. The highest BCUT2D eigenvalue weighted by Gasteiger charge is 2.30.